The number of carbonyl (C=O) groups is 1. The summed E-state index contributed by atoms with van der Waals surface area (Å²) in [6, 6.07) is 19.3. The second-order valence-electron chi connectivity index (χ2n) is 7.52. The maximum atomic E-state index is 13.5. The summed E-state index contributed by atoms with van der Waals surface area (Å²) in [6.07, 6.45) is 3.69. The van der Waals surface area contributed by atoms with Crippen molar-refractivity contribution in [3.8, 4) is 22.6 Å². The highest BCUT2D eigenvalue weighted by atomic mass is 35.5. The molecule has 6 heteroatoms. The quantitative estimate of drug-likeness (QED) is 0.420. The number of hydrogen-bond acceptors (Lipinski definition) is 3. The largest absolute Gasteiger partial charge is 0.494 e. The molecule has 0 radical (unpaired) electrons. The molecule has 4 aromatic rings. The number of amides is 1. The number of aromatic nitrogens is 2. The molecule has 3 aromatic carbocycles. The molecule has 1 aliphatic rings. The fourth-order valence-electron chi connectivity index (χ4n) is 4.07. The first-order valence-corrected chi connectivity index (χ1v) is 10.3. The molecule has 0 spiro atoms. The highest BCUT2D eigenvalue weighted by molar-refractivity contribution is 6.31. The Morgan fingerprint density at radius 3 is 2.65 bits per heavy atom. The van der Waals surface area contributed by atoms with E-state index in [2.05, 4.69) is 4.98 Å². The Bertz CT molecular complexity index is 1310. The molecular formula is C25H20ClN3O2. The first-order chi connectivity index (χ1) is 15.0. The zero-order chi connectivity index (χ0) is 21.5. The zero-order valence-electron chi connectivity index (χ0n) is 17.2. The summed E-state index contributed by atoms with van der Waals surface area (Å²) >= 11 is 6.19. The summed E-state index contributed by atoms with van der Waals surface area (Å²) in [5.74, 6) is 0.646. The molecule has 0 saturated carbocycles. The standard InChI is InChI=1S/C25H20ClN3O2/c1-16-13-28(15-27-16)22-10-9-20(12-23(22)31-2)29-14-18-6-4-8-21(24(18)25(29)30)17-5-3-7-19(26)11-17/h3-13,15H,14H2,1-2H3. The molecule has 0 fully saturated rings. The lowest BCUT2D eigenvalue weighted by atomic mass is 9.97. The van der Waals surface area contributed by atoms with E-state index in [1.54, 1.807) is 18.3 Å². The molecule has 0 atom stereocenters. The Labute approximate surface area is 185 Å². The van der Waals surface area contributed by atoms with Crippen LogP contribution in [0.2, 0.25) is 5.02 Å². The predicted octanol–water partition coefficient (Wildman–Crippen LogP) is 5.67. The molecule has 1 amide bonds. The van der Waals surface area contributed by atoms with E-state index in [0.717, 1.165) is 39.3 Å². The number of rotatable bonds is 4. The number of fused-ring (bicyclic) bond motifs is 1. The summed E-state index contributed by atoms with van der Waals surface area (Å²) in [5.41, 5.74) is 6.12. The van der Waals surface area contributed by atoms with Crippen LogP contribution in [0.15, 0.2) is 73.2 Å². The van der Waals surface area contributed by atoms with Crippen LogP contribution in [0.25, 0.3) is 16.8 Å². The van der Waals surface area contributed by atoms with Crippen molar-refractivity contribution in [1.82, 2.24) is 9.55 Å². The summed E-state index contributed by atoms with van der Waals surface area (Å²) in [4.78, 5) is 19.5. The summed E-state index contributed by atoms with van der Waals surface area (Å²) in [5, 5.41) is 0.646. The summed E-state index contributed by atoms with van der Waals surface area (Å²) in [6.45, 7) is 2.45. The summed E-state index contributed by atoms with van der Waals surface area (Å²) < 4.78 is 7.54. The van der Waals surface area contributed by atoms with Gasteiger partial charge < -0.3 is 14.2 Å². The van der Waals surface area contributed by atoms with Crippen molar-refractivity contribution < 1.29 is 9.53 Å². The molecule has 0 unspecified atom stereocenters. The van der Waals surface area contributed by atoms with E-state index in [1.807, 2.05) is 78.4 Å². The van der Waals surface area contributed by atoms with Gasteiger partial charge in [-0.15, -0.1) is 0 Å². The third kappa shape index (κ3) is 3.37. The van der Waals surface area contributed by atoms with E-state index in [1.165, 1.54) is 0 Å². The third-order valence-electron chi connectivity index (χ3n) is 5.54. The highest BCUT2D eigenvalue weighted by Crippen LogP contribution is 2.37. The van der Waals surface area contributed by atoms with Crippen LogP contribution >= 0.6 is 11.6 Å². The molecule has 5 rings (SSSR count). The fourth-order valence-corrected chi connectivity index (χ4v) is 4.26. The van der Waals surface area contributed by atoms with Crippen molar-refractivity contribution in [1.29, 1.82) is 0 Å². The average Bonchev–Trinajstić information content (AvgIpc) is 3.36. The third-order valence-corrected chi connectivity index (χ3v) is 5.77. The Balaban J connectivity index is 1.54. The highest BCUT2D eigenvalue weighted by Gasteiger charge is 2.31. The summed E-state index contributed by atoms with van der Waals surface area (Å²) in [7, 11) is 1.63. The minimum atomic E-state index is -0.0288. The van der Waals surface area contributed by atoms with Crippen LogP contribution in [-0.4, -0.2) is 22.6 Å². The van der Waals surface area contributed by atoms with E-state index in [9.17, 15) is 4.79 Å². The van der Waals surface area contributed by atoms with Crippen LogP contribution in [0.4, 0.5) is 5.69 Å². The van der Waals surface area contributed by atoms with Crippen molar-refractivity contribution in [2.45, 2.75) is 13.5 Å². The number of hydrogen-bond donors (Lipinski definition) is 0. The Morgan fingerprint density at radius 2 is 1.90 bits per heavy atom. The molecule has 0 bridgehead atoms. The minimum absolute atomic E-state index is 0.0288. The van der Waals surface area contributed by atoms with E-state index in [4.69, 9.17) is 16.3 Å². The van der Waals surface area contributed by atoms with Gasteiger partial charge in [-0.2, -0.15) is 0 Å². The van der Waals surface area contributed by atoms with Crippen LogP contribution in [0, 0.1) is 6.92 Å². The maximum Gasteiger partial charge on any atom is 0.259 e. The number of benzene rings is 3. The van der Waals surface area contributed by atoms with Crippen molar-refractivity contribution in [2.75, 3.05) is 12.0 Å². The topological polar surface area (TPSA) is 47.4 Å². The lowest BCUT2D eigenvalue weighted by Gasteiger charge is -2.18. The van der Waals surface area contributed by atoms with Crippen LogP contribution in [0.1, 0.15) is 21.6 Å². The van der Waals surface area contributed by atoms with Gasteiger partial charge in [-0.05, 0) is 47.9 Å². The Hall–Kier alpha value is -3.57. The van der Waals surface area contributed by atoms with Crippen molar-refractivity contribution >= 4 is 23.2 Å². The van der Waals surface area contributed by atoms with Crippen LogP contribution in [0.5, 0.6) is 5.75 Å². The molecule has 31 heavy (non-hydrogen) atoms. The van der Waals surface area contributed by atoms with Crippen molar-refractivity contribution in [2.24, 2.45) is 0 Å². The number of carbonyl (C=O) groups excluding carboxylic acids is 1. The first-order valence-electron chi connectivity index (χ1n) is 9.94. The van der Waals surface area contributed by atoms with E-state index < -0.39 is 0 Å². The Morgan fingerprint density at radius 1 is 1.06 bits per heavy atom. The maximum absolute atomic E-state index is 13.5. The molecule has 5 nitrogen and oxygen atoms in total. The molecule has 1 aromatic heterocycles. The second-order valence-corrected chi connectivity index (χ2v) is 7.96. The van der Waals surface area contributed by atoms with Gasteiger partial charge in [0.1, 0.15) is 5.75 Å². The van der Waals surface area contributed by atoms with Gasteiger partial charge in [0.25, 0.3) is 5.91 Å². The van der Waals surface area contributed by atoms with Crippen LogP contribution < -0.4 is 9.64 Å². The fraction of sp³-hybridized carbons (Fsp3) is 0.120. The monoisotopic (exact) mass is 429 g/mol. The van der Waals surface area contributed by atoms with Gasteiger partial charge in [0, 0.05) is 23.0 Å². The van der Waals surface area contributed by atoms with Gasteiger partial charge in [0.15, 0.2) is 0 Å². The first kappa shape index (κ1) is 19.4. The van der Waals surface area contributed by atoms with Gasteiger partial charge in [-0.3, -0.25) is 4.79 Å². The van der Waals surface area contributed by atoms with Gasteiger partial charge in [0.05, 0.1) is 36.9 Å². The number of halogens is 1. The minimum Gasteiger partial charge on any atom is -0.494 e. The number of methoxy groups -OCH3 is 1. The SMILES string of the molecule is COc1cc(N2Cc3cccc(-c4cccc(Cl)c4)c3C2=O)ccc1-n1cnc(C)c1. The van der Waals surface area contributed by atoms with Crippen molar-refractivity contribution in [3.63, 3.8) is 0 Å². The average molecular weight is 430 g/mol. The molecule has 154 valence electrons. The molecule has 1 aliphatic heterocycles. The number of anilines is 1. The molecular weight excluding hydrogens is 410 g/mol. The predicted molar refractivity (Wildman–Crippen MR) is 122 cm³/mol. The molecule has 0 aliphatic carbocycles. The zero-order valence-corrected chi connectivity index (χ0v) is 17.9. The molecule has 0 N–H and O–H groups in total. The molecule has 2 heterocycles. The lowest BCUT2D eigenvalue weighted by molar-refractivity contribution is 0.0997. The smallest absolute Gasteiger partial charge is 0.259 e. The van der Waals surface area contributed by atoms with Gasteiger partial charge in [-0.25, -0.2) is 4.98 Å². The van der Waals surface area contributed by atoms with Crippen LogP contribution in [-0.2, 0) is 6.54 Å². The number of ether oxygens (including phenoxy) is 1. The normalized spacial score (nSPS) is 12.9. The second kappa shape index (κ2) is 7.60. The number of imidazole rings is 1. The van der Waals surface area contributed by atoms with E-state index in [0.29, 0.717) is 17.3 Å². The van der Waals surface area contributed by atoms with E-state index in [-0.39, 0.29) is 5.91 Å². The lowest BCUT2D eigenvalue weighted by Crippen LogP contribution is -2.23. The van der Waals surface area contributed by atoms with Crippen molar-refractivity contribution in [3.05, 3.63) is 95.0 Å². The van der Waals surface area contributed by atoms with Crippen LogP contribution in [0.3, 0.4) is 0 Å². The van der Waals surface area contributed by atoms with Gasteiger partial charge in [-0.1, -0.05) is 41.9 Å². The number of aryl methyl sites for hydroxylation is 1. The van der Waals surface area contributed by atoms with E-state index >= 15 is 0 Å². The van der Waals surface area contributed by atoms with Gasteiger partial charge in [0.2, 0.25) is 0 Å². The number of nitrogens with zero attached hydrogens (tertiary/aromatic N) is 3. The molecule has 0 saturated heterocycles. The Kier molecular flexibility index (Phi) is 4.75. The van der Waals surface area contributed by atoms with Gasteiger partial charge >= 0.3 is 0 Å².